The summed E-state index contributed by atoms with van der Waals surface area (Å²) in [5.74, 6) is -2.35. The smallest absolute Gasteiger partial charge is 0.311 e. The SMILES string of the molecule is C.CCCC(=O)Cl.CCCC(=O)Oc1cc(OC(=O)CCC)c2c(c1)O[C@H](c1ccc(OC(=O)CCC)c(OC(=O)CCC)c1)[C@H](OC(=O)CCC)C2.Oc1cc(O)c2c(c1)O[C@H](c1ccc(O)c(O)c1)[C@H](O)C2. The largest absolute Gasteiger partial charge is 0.508 e. The molecule has 4 aromatic carbocycles. The molecule has 74 heavy (non-hydrogen) atoms. The van der Waals surface area contributed by atoms with E-state index in [-0.39, 0.29) is 115 Å². The number of hydrogen-bond acceptors (Lipinski definition) is 18. The van der Waals surface area contributed by atoms with E-state index in [2.05, 4.69) is 0 Å². The summed E-state index contributed by atoms with van der Waals surface area (Å²) in [6.07, 6.45) is 1.80. The summed E-state index contributed by atoms with van der Waals surface area (Å²) in [5.41, 5.74) is 1.82. The molecule has 4 aromatic rings. The number of hydrogen-bond donors (Lipinski definition) is 5. The Labute approximate surface area is 436 Å². The van der Waals surface area contributed by atoms with Gasteiger partial charge in [0.15, 0.2) is 29.1 Å². The van der Waals surface area contributed by atoms with Crippen LogP contribution in [-0.2, 0) is 46.3 Å². The molecule has 0 spiro atoms. The number of esters is 5. The highest BCUT2D eigenvalue weighted by Gasteiger charge is 2.38. The summed E-state index contributed by atoms with van der Waals surface area (Å²) in [6.45, 7) is 11.2. The van der Waals surface area contributed by atoms with E-state index < -0.39 is 54.3 Å². The van der Waals surface area contributed by atoms with E-state index in [1.54, 1.807) is 6.07 Å². The minimum atomic E-state index is -0.933. The van der Waals surface area contributed by atoms with Crippen molar-refractivity contribution >= 4 is 46.7 Å². The molecule has 404 valence electrons. The molecule has 2 aliphatic rings. The van der Waals surface area contributed by atoms with Crippen molar-refractivity contribution in [3.63, 3.8) is 0 Å². The van der Waals surface area contributed by atoms with E-state index in [0.29, 0.717) is 60.8 Å². The minimum Gasteiger partial charge on any atom is -0.508 e. The van der Waals surface area contributed by atoms with Crippen LogP contribution in [0.5, 0.6) is 57.5 Å². The van der Waals surface area contributed by atoms with Crippen LogP contribution in [0.3, 0.4) is 0 Å². The summed E-state index contributed by atoms with van der Waals surface area (Å²) in [7, 11) is 0. The van der Waals surface area contributed by atoms with Gasteiger partial charge in [-0.15, -0.1) is 0 Å². The van der Waals surface area contributed by atoms with Gasteiger partial charge >= 0.3 is 29.8 Å². The maximum absolute atomic E-state index is 12.8. The maximum atomic E-state index is 12.8. The summed E-state index contributed by atoms with van der Waals surface area (Å²) >= 11 is 4.94. The molecule has 18 nitrogen and oxygen atoms in total. The molecule has 6 rings (SSSR count). The summed E-state index contributed by atoms with van der Waals surface area (Å²) in [5, 5.41) is 48.1. The Morgan fingerprint density at radius 1 is 0.514 bits per heavy atom. The second-order valence-electron chi connectivity index (χ2n) is 17.1. The van der Waals surface area contributed by atoms with Crippen molar-refractivity contribution < 1.29 is 87.5 Å². The van der Waals surface area contributed by atoms with E-state index >= 15 is 0 Å². The van der Waals surface area contributed by atoms with Crippen molar-refractivity contribution in [3.8, 4) is 57.5 Å². The quantitative estimate of drug-likeness (QED) is 0.0253. The molecule has 0 fully saturated rings. The van der Waals surface area contributed by atoms with Gasteiger partial charge in [0.2, 0.25) is 5.24 Å². The molecule has 0 aromatic heterocycles. The number of aliphatic hydroxyl groups excluding tert-OH is 1. The number of carbonyl (C=O) groups excluding carboxylic acids is 6. The zero-order valence-electron chi connectivity index (χ0n) is 41.9. The molecule has 2 heterocycles. The van der Waals surface area contributed by atoms with Crippen molar-refractivity contribution in [1.29, 1.82) is 0 Å². The first-order valence-corrected chi connectivity index (χ1v) is 24.8. The molecule has 0 radical (unpaired) electrons. The molecular weight excluding hydrogens is 984 g/mol. The Morgan fingerprint density at radius 3 is 1.57 bits per heavy atom. The molecule has 0 amide bonds. The van der Waals surface area contributed by atoms with E-state index in [0.717, 1.165) is 6.42 Å². The number of fused-ring (bicyclic) bond motifs is 2. The topological polar surface area (TPSA) is 268 Å². The van der Waals surface area contributed by atoms with E-state index in [1.807, 2.05) is 41.5 Å². The van der Waals surface area contributed by atoms with Crippen LogP contribution in [0.15, 0.2) is 60.7 Å². The fraction of sp³-hybridized carbons (Fsp3) is 0.455. The van der Waals surface area contributed by atoms with Gasteiger partial charge in [-0.1, -0.05) is 61.1 Å². The van der Waals surface area contributed by atoms with Crippen LogP contribution in [0.2, 0.25) is 0 Å². The zero-order chi connectivity index (χ0) is 53.8. The molecule has 0 saturated heterocycles. The standard InChI is InChI=1S/C35H44O11.C15H14O6.C4H7ClO.CH4/c1-6-11-30(36)41-23-19-26(43-32(38)13-8-3)24-21-29(45-34(40)15-10-5)35(46-27(24)20-23)22-16-17-25(42-31(37)12-7-2)28(18-22)44-33(39)14-9-4;16-8-4-11(18)9-6-13(20)15(21-14(9)5-8)7-1-2-10(17)12(19)3-7;1-2-3-4(5)6;/h16-20,29,35H,6-15,21H2,1-5H3;1-5,13,15-20H,6H2;2-3H2,1H3;1H4/t29-,35-;13-,15-;;/m11../s1. The van der Waals surface area contributed by atoms with E-state index in [1.165, 1.54) is 54.6 Å². The van der Waals surface area contributed by atoms with Crippen LogP contribution >= 0.6 is 11.6 Å². The lowest BCUT2D eigenvalue weighted by molar-refractivity contribution is -0.155. The normalized spacial score (nSPS) is 15.9. The molecule has 0 aliphatic carbocycles. The lowest BCUT2D eigenvalue weighted by atomic mass is 9.93. The fourth-order valence-corrected chi connectivity index (χ4v) is 7.63. The number of phenols is 4. The van der Waals surface area contributed by atoms with Gasteiger partial charge in [0.25, 0.3) is 0 Å². The van der Waals surface area contributed by atoms with Crippen LogP contribution < -0.4 is 28.4 Å². The van der Waals surface area contributed by atoms with Crippen molar-refractivity contribution in [1.82, 2.24) is 0 Å². The van der Waals surface area contributed by atoms with Crippen LogP contribution in [0.25, 0.3) is 0 Å². The Morgan fingerprint density at radius 2 is 1.01 bits per heavy atom. The average molecular weight is 1050 g/mol. The van der Waals surface area contributed by atoms with Gasteiger partial charge in [-0.2, -0.15) is 0 Å². The van der Waals surface area contributed by atoms with Gasteiger partial charge in [-0.05, 0) is 80.0 Å². The number of rotatable bonds is 19. The molecule has 0 bridgehead atoms. The van der Waals surface area contributed by atoms with Gasteiger partial charge in [0.1, 0.15) is 46.7 Å². The predicted molar refractivity (Wildman–Crippen MR) is 272 cm³/mol. The minimum absolute atomic E-state index is 0. The summed E-state index contributed by atoms with van der Waals surface area (Å²) in [4.78, 5) is 72.3. The molecule has 0 unspecified atom stereocenters. The number of aromatic hydroxyl groups is 4. The average Bonchev–Trinajstić information content (AvgIpc) is 3.31. The van der Waals surface area contributed by atoms with Crippen LogP contribution in [0, 0.1) is 0 Å². The first kappa shape index (κ1) is 61.3. The van der Waals surface area contributed by atoms with Crippen LogP contribution in [0.1, 0.15) is 160 Å². The van der Waals surface area contributed by atoms with Crippen LogP contribution in [-0.4, -0.2) is 72.8 Å². The molecule has 0 saturated carbocycles. The Balaban J connectivity index is 0.000000422. The number of aliphatic hydroxyl groups is 1. The molecule has 19 heteroatoms. The van der Waals surface area contributed by atoms with Gasteiger partial charge in [-0.3, -0.25) is 28.8 Å². The second kappa shape index (κ2) is 30.2. The molecule has 5 N–H and O–H groups in total. The number of ether oxygens (including phenoxy) is 7. The lowest BCUT2D eigenvalue weighted by Gasteiger charge is -2.34. The van der Waals surface area contributed by atoms with Crippen molar-refractivity contribution in [2.75, 3.05) is 0 Å². The fourth-order valence-electron chi connectivity index (χ4n) is 7.44. The van der Waals surface area contributed by atoms with E-state index in [4.69, 9.17) is 44.8 Å². The van der Waals surface area contributed by atoms with Gasteiger partial charge < -0.3 is 58.7 Å². The predicted octanol–water partition coefficient (Wildman–Crippen LogP) is 10.6. The lowest BCUT2D eigenvalue weighted by Crippen LogP contribution is -2.35. The highest BCUT2D eigenvalue weighted by atomic mass is 35.5. The third-order valence-corrected chi connectivity index (χ3v) is 11.0. The maximum Gasteiger partial charge on any atom is 0.311 e. The second-order valence-corrected chi connectivity index (χ2v) is 17.5. The Bertz CT molecular complexity index is 2560. The summed E-state index contributed by atoms with van der Waals surface area (Å²) in [6, 6.07) is 14.3. The number of halogens is 1. The van der Waals surface area contributed by atoms with Crippen molar-refractivity contribution in [3.05, 3.63) is 82.9 Å². The van der Waals surface area contributed by atoms with Crippen molar-refractivity contribution in [2.45, 2.75) is 163 Å². The first-order chi connectivity index (χ1) is 34.8. The third kappa shape index (κ3) is 18.2. The van der Waals surface area contributed by atoms with Gasteiger partial charge in [0, 0.05) is 92.3 Å². The Hall–Kier alpha value is -7.05. The number of carbonyl (C=O) groups is 6. The third-order valence-electron chi connectivity index (χ3n) is 10.9. The van der Waals surface area contributed by atoms with Gasteiger partial charge in [-0.25, -0.2) is 0 Å². The Kier molecular flexibility index (Phi) is 25.0. The van der Waals surface area contributed by atoms with E-state index in [9.17, 15) is 54.3 Å². The molecule has 2 aliphatic heterocycles. The summed E-state index contributed by atoms with van der Waals surface area (Å²) < 4.78 is 40.2. The first-order valence-electron chi connectivity index (χ1n) is 24.4. The highest BCUT2D eigenvalue weighted by Crippen LogP contribution is 2.46. The van der Waals surface area contributed by atoms with Crippen LogP contribution in [0.4, 0.5) is 0 Å². The monoisotopic (exact) mass is 1050 g/mol. The number of benzene rings is 4. The number of phenolic OH excluding ortho intramolecular Hbond substituents is 4. The molecular formula is C55H69ClO18. The molecule has 4 atom stereocenters. The van der Waals surface area contributed by atoms with Crippen molar-refractivity contribution in [2.24, 2.45) is 0 Å². The zero-order valence-corrected chi connectivity index (χ0v) is 42.7. The van der Waals surface area contributed by atoms with Gasteiger partial charge in [0.05, 0.1) is 6.10 Å². The highest BCUT2D eigenvalue weighted by molar-refractivity contribution is 6.63.